The van der Waals surface area contributed by atoms with Crippen LogP contribution in [0.25, 0.3) is 22.0 Å². The number of thioether (sulfide) groups is 1. The maximum atomic E-state index is 14.4. The zero-order valence-electron chi connectivity index (χ0n) is 14.5. The Labute approximate surface area is 177 Å². The van der Waals surface area contributed by atoms with Gasteiger partial charge in [-0.25, -0.2) is 4.39 Å². The van der Waals surface area contributed by atoms with Crippen molar-refractivity contribution < 1.29 is 13.7 Å². The molecule has 0 aliphatic rings. The number of hydrogen-bond acceptors (Lipinski definition) is 8. The Hall–Kier alpha value is -2.82. The van der Waals surface area contributed by atoms with Crippen LogP contribution in [-0.4, -0.2) is 26.2 Å². The molecule has 4 rings (SSSR count). The molecule has 11 heteroatoms. The van der Waals surface area contributed by atoms with Crippen LogP contribution in [0.1, 0.15) is 16.2 Å². The summed E-state index contributed by atoms with van der Waals surface area (Å²) in [5.74, 6) is -0.299. The number of amides is 1. The van der Waals surface area contributed by atoms with Crippen molar-refractivity contribution in [1.82, 2.24) is 20.3 Å². The fourth-order valence-corrected chi connectivity index (χ4v) is 4.25. The van der Waals surface area contributed by atoms with Gasteiger partial charge in [0.1, 0.15) is 5.82 Å². The van der Waals surface area contributed by atoms with Crippen LogP contribution in [0.15, 0.2) is 51.3 Å². The minimum atomic E-state index is -0.837. The summed E-state index contributed by atoms with van der Waals surface area (Å²) in [5, 5.41) is 13.0. The molecule has 0 saturated heterocycles. The van der Waals surface area contributed by atoms with Gasteiger partial charge < -0.3 is 10.3 Å². The van der Waals surface area contributed by atoms with E-state index in [9.17, 15) is 9.18 Å². The van der Waals surface area contributed by atoms with Gasteiger partial charge in [0.25, 0.3) is 5.91 Å². The fraction of sp³-hybridized carbons (Fsp3) is 0.0556. The molecule has 0 saturated carbocycles. The van der Waals surface area contributed by atoms with Gasteiger partial charge in [0.15, 0.2) is 9.35 Å². The van der Waals surface area contributed by atoms with Crippen LogP contribution in [0.4, 0.5) is 4.39 Å². The number of primary amides is 1. The summed E-state index contributed by atoms with van der Waals surface area (Å²) in [4.78, 5) is 15.6. The van der Waals surface area contributed by atoms with E-state index in [1.807, 2.05) is 0 Å². The summed E-state index contributed by atoms with van der Waals surface area (Å²) in [6.45, 7) is 0. The molecular weight excluding hydrogens is 437 g/mol. The zero-order chi connectivity index (χ0) is 20.4. The first-order valence-electron chi connectivity index (χ1n) is 8.15. The molecule has 0 fully saturated rings. The van der Waals surface area contributed by atoms with Crippen molar-refractivity contribution in [3.8, 4) is 22.0 Å². The third-order valence-corrected chi connectivity index (χ3v) is 6.12. The molecule has 2 heterocycles. The van der Waals surface area contributed by atoms with Crippen LogP contribution in [-0.2, 0) is 5.75 Å². The van der Waals surface area contributed by atoms with E-state index in [1.165, 1.54) is 35.2 Å². The topological polar surface area (TPSA) is 108 Å². The first kappa shape index (κ1) is 19.5. The molecule has 2 aromatic carbocycles. The molecular formula is C18H11ClFN5O2S2. The molecule has 0 bridgehead atoms. The van der Waals surface area contributed by atoms with Crippen LogP contribution in [0, 0.1) is 5.82 Å². The van der Waals surface area contributed by atoms with E-state index in [4.69, 9.17) is 21.9 Å². The van der Waals surface area contributed by atoms with Gasteiger partial charge in [-0.1, -0.05) is 45.9 Å². The van der Waals surface area contributed by atoms with E-state index in [0.29, 0.717) is 31.8 Å². The number of carbonyl (C=O) groups is 1. The lowest BCUT2D eigenvalue weighted by Gasteiger charge is -2.02. The second-order valence-electron chi connectivity index (χ2n) is 5.71. The average Bonchev–Trinajstić information content (AvgIpc) is 3.36. The second kappa shape index (κ2) is 8.27. The van der Waals surface area contributed by atoms with Crippen LogP contribution >= 0.6 is 34.7 Å². The van der Waals surface area contributed by atoms with Crippen molar-refractivity contribution in [2.75, 3.05) is 0 Å². The summed E-state index contributed by atoms with van der Waals surface area (Å²) in [6.07, 6.45) is 0. The van der Waals surface area contributed by atoms with Crippen LogP contribution in [0.5, 0.6) is 0 Å². The quantitative estimate of drug-likeness (QED) is 0.435. The maximum absolute atomic E-state index is 14.4. The standard InChI is InChI=1S/C18H11ClFN5O2S2/c19-10-6-4-9(5-7-10)16-22-13(27-25-16)8-28-18-24-23-17(29-18)12-3-1-2-11(14(12)20)15(21)26/h1-7H,8H2,(H2,21,26). The Kier molecular flexibility index (Phi) is 5.56. The predicted octanol–water partition coefficient (Wildman–Crippen LogP) is 4.44. The second-order valence-corrected chi connectivity index (χ2v) is 8.35. The van der Waals surface area contributed by atoms with Gasteiger partial charge in [-0.15, -0.1) is 10.2 Å². The minimum Gasteiger partial charge on any atom is -0.366 e. The molecule has 1 amide bonds. The largest absolute Gasteiger partial charge is 0.366 e. The van der Waals surface area contributed by atoms with Gasteiger partial charge in [-0.2, -0.15) is 4.98 Å². The highest BCUT2D eigenvalue weighted by molar-refractivity contribution is 8.00. The molecule has 0 aliphatic carbocycles. The van der Waals surface area contributed by atoms with Crippen LogP contribution in [0.3, 0.4) is 0 Å². The Bertz CT molecular complexity index is 1180. The predicted molar refractivity (Wildman–Crippen MR) is 108 cm³/mol. The normalized spacial score (nSPS) is 11.0. The molecule has 0 radical (unpaired) electrons. The van der Waals surface area contributed by atoms with Crippen molar-refractivity contribution in [2.45, 2.75) is 10.1 Å². The lowest BCUT2D eigenvalue weighted by molar-refractivity contribution is 0.0996. The molecule has 0 aliphatic heterocycles. The molecule has 2 aromatic heterocycles. The van der Waals surface area contributed by atoms with Crippen molar-refractivity contribution in [3.63, 3.8) is 0 Å². The Morgan fingerprint density at radius 1 is 1.21 bits per heavy atom. The number of benzene rings is 2. The van der Waals surface area contributed by atoms with Gasteiger partial charge in [-0.05, 0) is 36.4 Å². The van der Waals surface area contributed by atoms with Crippen molar-refractivity contribution in [2.24, 2.45) is 5.73 Å². The highest BCUT2D eigenvalue weighted by atomic mass is 35.5. The van der Waals surface area contributed by atoms with Crippen LogP contribution in [0.2, 0.25) is 5.02 Å². The molecule has 4 aromatic rings. The van der Waals surface area contributed by atoms with Gasteiger partial charge in [0.2, 0.25) is 11.7 Å². The number of nitrogens with zero attached hydrogens (tertiary/aromatic N) is 4. The first-order chi connectivity index (χ1) is 14.0. The molecule has 0 atom stereocenters. The van der Waals surface area contributed by atoms with Crippen molar-refractivity contribution in [1.29, 1.82) is 0 Å². The van der Waals surface area contributed by atoms with E-state index >= 15 is 0 Å². The highest BCUT2D eigenvalue weighted by Gasteiger charge is 2.17. The molecule has 0 spiro atoms. The van der Waals surface area contributed by atoms with Crippen molar-refractivity contribution >= 4 is 40.6 Å². The van der Waals surface area contributed by atoms with Gasteiger partial charge >= 0.3 is 0 Å². The monoisotopic (exact) mass is 447 g/mol. The van der Waals surface area contributed by atoms with E-state index in [1.54, 1.807) is 30.3 Å². The maximum Gasteiger partial charge on any atom is 0.251 e. The first-order valence-corrected chi connectivity index (χ1v) is 10.3. The fourth-order valence-electron chi connectivity index (χ4n) is 2.42. The van der Waals surface area contributed by atoms with Crippen LogP contribution < -0.4 is 5.73 Å². The van der Waals surface area contributed by atoms with E-state index in [0.717, 1.165) is 5.56 Å². The summed E-state index contributed by atoms with van der Waals surface area (Å²) < 4.78 is 20.3. The summed E-state index contributed by atoms with van der Waals surface area (Å²) in [6, 6.07) is 11.5. The summed E-state index contributed by atoms with van der Waals surface area (Å²) in [7, 11) is 0. The third kappa shape index (κ3) is 4.29. The lowest BCUT2D eigenvalue weighted by Crippen LogP contribution is -2.13. The van der Waals surface area contributed by atoms with E-state index in [2.05, 4.69) is 20.3 Å². The minimum absolute atomic E-state index is 0.175. The number of rotatable bonds is 6. The van der Waals surface area contributed by atoms with Gasteiger partial charge in [0, 0.05) is 16.1 Å². The average molecular weight is 448 g/mol. The zero-order valence-corrected chi connectivity index (χ0v) is 16.9. The molecule has 29 heavy (non-hydrogen) atoms. The lowest BCUT2D eigenvalue weighted by atomic mass is 10.1. The van der Waals surface area contributed by atoms with Crippen molar-refractivity contribution in [3.05, 3.63) is 64.8 Å². The Morgan fingerprint density at radius 3 is 2.76 bits per heavy atom. The Balaban J connectivity index is 1.46. The molecule has 0 unspecified atom stereocenters. The van der Waals surface area contributed by atoms with E-state index in [-0.39, 0.29) is 11.1 Å². The third-order valence-electron chi connectivity index (χ3n) is 3.79. The summed E-state index contributed by atoms with van der Waals surface area (Å²) in [5.41, 5.74) is 5.96. The Morgan fingerprint density at radius 2 is 2.00 bits per heavy atom. The van der Waals surface area contributed by atoms with Gasteiger partial charge in [0.05, 0.1) is 11.3 Å². The van der Waals surface area contributed by atoms with Gasteiger partial charge in [-0.3, -0.25) is 4.79 Å². The molecule has 2 N–H and O–H groups in total. The SMILES string of the molecule is NC(=O)c1cccc(-c2nnc(SCc3nc(-c4ccc(Cl)cc4)no3)s2)c1F. The smallest absolute Gasteiger partial charge is 0.251 e. The number of hydrogen-bond donors (Lipinski definition) is 1. The number of aromatic nitrogens is 4. The molecule has 7 nitrogen and oxygen atoms in total. The highest BCUT2D eigenvalue weighted by Crippen LogP contribution is 2.33. The number of nitrogens with two attached hydrogens (primary N) is 1. The number of carbonyl (C=O) groups excluding carboxylic acids is 1. The van der Waals surface area contributed by atoms with E-state index < -0.39 is 11.7 Å². The summed E-state index contributed by atoms with van der Waals surface area (Å²) >= 11 is 8.39. The molecule has 146 valence electrons. The number of halogens is 2.